The van der Waals surface area contributed by atoms with Crippen molar-refractivity contribution in [2.45, 2.75) is 19.4 Å². The van der Waals surface area contributed by atoms with Crippen LogP contribution < -0.4 is 10.6 Å². The predicted octanol–water partition coefficient (Wildman–Crippen LogP) is 2.80. The van der Waals surface area contributed by atoms with Gasteiger partial charge in [-0.15, -0.1) is 0 Å². The number of amides is 3. The number of halogens is 1. The van der Waals surface area contributed by atoms with Crippen molar-refractivity contribution >= 4 is 29.3 Å². The van der Waals surface area contributed by atoms with Crippen molar-refractivity contribution in [1.82, 2.24) is 15.5 Å². The fourth-order valence-electron chi connectivity index (χ4n) is 2.71. The van der Waals surface area contributed by atoms with Crippen LogP contribution in [0.1, 0.15) is 35.3 Å². The smallest absolute Gasteiger partial charge is 0.253 e. The van der Waals surface area contributed by atoms with Crippen molar-refractivity contribution < 1.29 is 14.4 Å². The van der Waals surface area contributed by atoms with E-state index in [1.54, 1.807) is 31.3 Å². The molecule has 0 aromatic heterocycles. The van der Waals surface area contributed by atoms with Crippen LogP contribution in [0.25, 0.3) is 0 Å². The Hall–Kier alpha value is -2.86. The fourth-order valence-corrected chi connectivity index (χ4v) is 2.93. The molecule has 1 atom stereocenters. The molecule has 0 radical (unpaired) electrons. The third-order valence-electron chi connectivity index (χ3n) is 4.18. The van der Waals surface area contributed by atoms with Gasteiger partial charge in [-0.25, -0.2) is 0 Å². The van der Waals surface area contributed by atoms with Crippen LogP contribution >= 0.6 is 11.6 Å². The molecule has 28 heavy (non-hydrogen) atoms. The molecule has 0 saturated carbocycles. The number of rotatable bonds is 8. The molecule has 0 aliphatic heterocycles. The molecule has 2 aromatic rings. The Morgan fingerprint density at radius 2 is 1.68 bits per heavy atom. The molecule has 0 heterocycles. The first-order valence-electron chi connectivity index (χ1n) is 9.03. The number of nitrogens with one attached hydrogen (secondary N) is 2. The second kappa shape index (κ2) is 10.5. The molecule has 0 bridgehead atoms. The Morgan fingerprint density at radius 3 is 2.32 bits per heavy atom. The van der Waals surface area contributed by atoms with Crippen LogP contribution in [0, 0.1) is 0 Å². The van der Waals surface area contributed by atoms with Gasteiger partial charge in [0.25, 0.3) is 5.91 Å². The molecule has 3 amide bonds. The highest BCUT2D eigenvalue weighted by atomic mass is 35.5. The molecule has 2 rings (SSSR count). The lowest BCUT2D eigenvalue weighted by Crippen LogP contribution is -2.40. The van der Waals surface area contributed by atoms with Crippen LogP contribution in [-0.4, -0.2) is 42.8 Å². The van der Waals surface area contributed by atoms with E-state index >= 15 is 0 Å². The summed E-state index contributed by atoms with van der Waals surface area (Å²) in [7, 11) is 1.56. The number of benzene rings is 2. The molecular weight excluding hydrogens is 378 g/mol. The summed E-state index contributed by atoms with van der Waals surface area (Å²) in [6, 6.07) is 15.4. The monoisotopic (exact) mass is 401 g/mol. The SMILES string of the molecule is CCNC(=O)CN(C)C(=O)CC(NC(=O)c1ccccc1Cl)c1ccccc1. The molecular formula is C21H24ClN3O3. The molecule has 7 heteroatoms. The molecule has 0 spiro atoms. The Balaban J connectivity index is 2.14. The van der Waals surface area contributed by atoms with Gasteiger partial charge < -0.3 is 15.5 Å². The van der Waals surface area contributed by atoms with Crippen LogP contribution in [0.2, 0.25) is 5.02 Å². The van der Waals surface area contributed by atoms with Gasteiger partial charge in [-0.2, -0.15) is 0 Å². The Morgan fingerprint density at radius 1 is 1.04 bits per heavy atom. The van der Waals surface area contributed by atoms with Crippen molar-refractivity contribution in [1.29, 1.82) is 0 Å². The van der Waals surface area contributed by atoms with Gasteiger partial charge in [0.2, 0.25) is 11.8 Å². The first-order chi connectivity index (χ1) is 13.4. The molecule has 6 nitrogen and oxygen atoms in total. The zero-order chi connectivity index (χ0) is 20.5. The summed E-state index contributed by atoms with van der Waals surface area (Å²) in [4.78, 5) is 38.4. The first-order valence-corrected chi connectivity index (χ1v) is 9.41. The van der Waals surface area contributed by atoms with Gasteiger partial charge in [-0.1, -0.05) is 54.1 Å². The molecule has 0 aliphatic rings. The summed E-state index contributed by atoms with van der Waals surface area (Å²) in [5, 5.41) is 5.88. The summed E-state index contributed by atoms with van der Waals surface area (Å²) < 4.78 is 0. The van der Waals surface area contributed by atoms with Crippen LogP contribution in [0.5, 0.6) is 0 Å². The largest absolute Gasteiger partial charge is 0.355 e. The van der Waals surface area contributed by atoms with Crippen molar-refractivity contribution in [2.24, 2.45) is 0 Å². The first kappa shape index (κ1) is 21.4. The van der Waals surface area contributed by atoms with Gasteiger partial charge in [-0.05, 0) is 24.6 Å². The summed E-state index contributed by atoms with van der Waals surface area (Å²) in [6.45, 7) is 2.28. The summed E-state index contributed by atoms with van der Waals surface area (Å²) in [5.74, 6) is -0.840. The molecule has 0 fully saturated rings. The van der Waals surface area contributed by atoms with Gasteiger partial charge in [0.15, 0.2) is 0 Å². The molecule has 2 N–H and O–H groups in total. The molecule has 1 unspecified atom stereocenters. The Kier molecular flexibility index (Phi) is 8.02. The second-order valence-electron chi connectivity index (χ2n) is 6.32. The van der Waals surface area contributed by atoms with Gasteiger partial charge in [0.05, 0.1) is 29.6 Å². The minimum Gasteiger partial charge on any atom is -0.355 e. The van der Waals surface area contributed by atoms with Gasteiger partial charge >= 0.3 is 0 Å². The average molecular weight is 402 g/mol. The normalized spacial score (nSPS) is 11.4. The summed E-state index contributed by atoms with van der Waals surface area (Å²) in [5.41, 5.74) is 1.14. The van der Waals surface area contributed by atoms with E-state index in [1.165, 1.54) is 4.90 Å². The maximum Gasteiger partial charge on any atom is 0.253 e. The maximum absolute atomic E-state index is 12.7. The van der Waals surface area contributed by atoms with E-state index in [9.17, 15) is 14.4 Å². The molecule has 148 valence electrons. The lowest BCUT2D eigenvalue weighted by atomic mass is 10.0. The zero-order valence-electron chi connectivity index (χ0n) is 15.9. The van der Waals surface area contributed by atoms with Gasteiger partial charge in [-0.3, -0.25) is 14.4 Å². The van der Waals surface area contributed by atoms with E-state index in [-0.39, 0.29) is 30.7 Å². The molecule has 2 aromatic carbocycles. The van der Waals surface area contributed by atoms with E-state index in [0.29, 0.717) is 17.1 Å². The van der Waals surface area contributed by atoms with Gasteiger partial charge in [0.1, 0.15) is 0 Å². The minimum atomic E-state index is -0.547. The number of hydrogen-bond acceptors (Lipinski definition) is 3. The van der Waals surface area contributed by atoms with Crippen molar-refractivity contribution in [2.75, 3.05) is 20.1 Å². The van der Waals surface area contributed by atoms with Crippen LogP contribution in [-0.2, 0) is 9.59 Å². The highest BCUT2D eigenvalue weighted by Crippen LogP contribution is 2.21. The number of hydrogen-bond donors (Lipinski definition) is 2. The lowest BCUT2D eigenvalue weighted by molar-refractivity contribution is -0.135. The maximum atomic E-state index is 12.7. The van der Waals surface area contributed by atoms with Crippen molar-refractivity contribution in [3.8, 4) is 0 Å². The topological polar surface area (TPSA) is 78.5 Å². The lowest BCUT2D eigenvalue weighted by Gasteiger charge is -2.23. The van der Waals surface area contributed by atoms with Gasteiger partial charge in [0, 0.05) is 13.6 Å². The van der Waals surface area contributed by atoms with Crippen LogP contribution in [0.4, 0.5) is 0 Å². The second-order valence-corrected chi connectivity index (χ2v) is 6.73. The fraction of sp³-hybridized carbons (Fsp3) is 0.286. The van der Waals surface area contributed by atoms with E-state index < -0.39 is 6.04 Å². The Bertz CT molecular complexity index is 827. The third-order valence-corrected chi connectivity index (χ3v) is 4.51. The number of carbonyl (C=O) groups excluding carboxylic acids is 3. The average Bonchev–Trinajstić information content (AvgIpc) is 2.68. The number of carbonyl (C=O) groups is 3. The highest BCUT2D eigenvalue weighted by Gasteiger charge is 2.22. The van der Waals surface area contributed by atoms with Crippen molar-refractivity contribution in [3.63, 3.8) is 0 Å². The molecule has 0 saturated heterocycles. The number of likely N-dealkylation sites (N-methyl/N-ethyl adjacent to an activating group) is 2. The standard InChI is InChI=1S/C21H24ClN3O3/c1-3-23-19(26)14-25(2)20(27)13-18(15-9-5-4-6-10-15)24-21(28)16-11-7-8-12-17(16)22/h4-12,18H,3,13-14H2,1-2H3,(H,23,26)(H,24,28). The Labute approximate surface area is 169 Å². The van der Waals surface area contributed by atoms with E-state index in [2.05, 4.69) is 10.6 Å². The van der Waals surface area contributed by atoms with Crippen LogP contribution in [0.15, 0.2) is 54.6 Å². The molecule has 0 aliphatic carbocycles. The van der Waals surface area contributed by atoms with Crippen LogP contribution in [0.3, 0.4) is 0 Å². The predicted molar refractivity (Wildman–Crippen MR) is 109 cm³/mol. The quantitative estimate of drug-likeness (QED) is 0.713. The third kappa shape index (κ3) is 6.09. The van der Waals surface area contributed by atoms with E-state index in [1.807, 2.05) is 37.3 Å². The van der Waals surface area contributed by atoms with E-state index in [4.69, 9.17) is 11.6 Å². The highest BCUT2D eigenvalue weighted by molar-refractivity contribution is 6.33. The minimum absolute atomic E-state index is 0.0239. The summed E-state index contributed by atoms with van der Waals surface area (Å²) >= 11 is 6.11. The summed E-state index contributed by atoms with van der Waals surface area (Å²) in [6.07, 6.45) is 0.0239. The zero-order valence-corrected chi connectivity index (χ0v) is 16.7. The van der Waals surface area contributed by atoms with E-state index in [0.717, 1.165) is 5.56 Å². The number of nitrogens with zero attached hydrogens (tertiary/aromatic N) is 1. The van der Waals surface area contributed by atoms with Crippen molar-refractivity contribution in [3.05, 3.63) is 70.7 Å².